The van der Waals surface area contributed by atoms with Crippen LogP contribution in [0, 0.1) is 12.7 Å². The van der Waals surface area contributed by atoms with Crippen LogP contribution in [0.25, 0.3) is 33.2 Å². The van der Waals surface area contributed by atoms with Crippen molar-refractivity contribution in [3.8, 4) is 11.3 Å². The van der Waals surface area contributed by atoms with Gasteiger partial charge in [0.25, 0.3) is 0 Å². The molecule has 14 heteroatoms. The highest BCUT2D eigenvalue weighted by atomic mass is 19.1. The first kappa shape index (κ1) is 34.7. The van der Waals surface area contributed by atoms with Gasteiger partial charge in [-0.2, -0.15) is 4.98 Å². The summed E-state index contributed by atoms with van der Waals surface area (Å²) in [6.45, 7) is 7.51. The lowest BCUT2D eigenvalue weighted by Crippen LogP contribution is -2.53. The number of carbonyl (C=O) groups excluding carboxylic acids is 3. The Hall–Kier alpha value is -6.02. The van der Waals surface area contributed by atoms with Crippen molar-refractivity contribution in [2.75, 3.05) is 31.1 Å². The van der Waals surface area contributed by atoms with Crippen molar-refractivity contribution in [3.63, 3.8) is 0 Å². The first-order valence-corrected chi connectivity index (χ1v) is 18.7. The number of aromatic amines is 1. The van der Waals surface area contributed by atoms with Crippen LogP contribution >= 0.6 is 0 Å². The van der Waals surface area contributed by atoms with Crippen molar-refractivity contribution in [2.45, 2.75) is 63.3 Å². The molecule has 9 rings (SSSR count). The van der Waals surface area contributed by atoms with Gasteiger partial charge in [-0.1, -0.05) is 42.4 Å². The number of nitrogens with zero attached hydrogens (tertiary/aromatic N) is 6. The number of nitrogens with one attached hydrogen (secondary N) is 2. The van der Waals surface area contributed by atoms with Crippen molar-refractivity contribution in [1.82, 2.24) is 35.3 Å². The monoisotopic (exact) mass is 741 g/mol. The van der Waals surface area contributed by atoms with Gasteiger partial charge in [-0.05, 0) is 78.6 Å². The second-order valence-corrected chi connectivity index (χ2v) is 15.0. The van der Waals surface area contributed by atoms with Crippen molar-refractivity contribution in [3.05, 3.63) is 101 Å². The number of rotatable bonds is 8. The lowest BCUT2D eigenvalue weighted by Gasteiger charge is -2.47. The maximum Gasteiger partial charge on any atom is 0.315 e. The first-order chi connectivity index (χ1) is 26.6. The van der Waals surface area contributed by atoms with Gasteiger partial charge < -0.3 is 20.1 Å². The molecule has 4 N–H and O–H groups in total. The minimum absolute atomic E-state index is 0.188. The average molecular weight is 742 g/mol. The Morgan fingerprint density at radius 1 is 1.00 bits per heavy atom. The van der Waals surface area contributed by atoms with Crippen LogP contribution in [0.5, 0.6) is 0 Å². The number of carbonyl (C=O) groups is 3. The third kappa shape index (κ3) is 6.29. The molecule has 13 nitrogen and oxygen atoms in total. The number of aromatic nitrogens is 5. The number of nitrogens with two attached hydrogens (primary N) is 1. The van der Waals surface area contributed by atoms with Crippen molar-refractivity contribution in [2.24, 2.45) is 5.73 Å². The molecule has 1 aliphatic carbocycles. The molecule has 3 aromatic heterocycles. The first-order valence-electron chi connectivity index (χ1n) is 18.7. The third-order valence-electron chi connectivity index (χ3n) is 11.8. The predicted octanol–water partition coefficient (Wildman–Crippen LogP) is 5.45. The van der Waals surface area contributed by atoms with Crippen LogP contribution in [-0.2, 0) is 9.59 Å². The van der Waals surface area contributed by atoms with E-state index in [1.807, 2.05) is 13.8 Å². The Kier molecular flexibility index (Phi) is 8.64. The van der Waals surface area contributed by atoms with Crippen LogP contribution in [0.1, 0.15) is 89.1 Å². The number of halogens is 1. The summed E-state index contributed by atoms with van der Waals surface area (Å²) in [5.41, 5.74) is 12.5. The molecule has 2 aliphatic heterocycles. The molecule has 3 fully saturated rings. The number of fused-ring (bicyclic) bond motifs is 3. The SMILES string of the molecule is Cc1cc(-c2ncnc3[nH]c4cc(N5CCN(C6CC(c7ccc([C@H]8CCC(=O)NC8=O)cc7)C6)CC5)ccc4c23)c(F)cc1[C@@H](C)c1noc(C(N)=O)n1. The molecule has 3 amide bonds. The highest BCUT2D eigenvalue weighted by Crippen LogP contribution is 2.42. The number of anilines is 1. The lowest BCUT2D eigenvalue weighted by atomic mass is 9.74. The number of amides is 3. The van der Waals surface area contributed by atoms with E-state index in [2.05, 4.69) is 82.7 Å². The largest absolute Gasteiger partial charge is 0.369 e. The summed E-state index contributed by atoms with van der Waals surface area (Å²) in [4.78, 5) is 56.9. The zero-order chi connectivity index (χ0) is 38.0. The highest BCUT2D eigenvalue weighted by molar-refractivity contribution is 6.12. The van der Waals surface area contributed by atoms with E-state index in [1.54, 1.807) is 6.07 Å². The Balaban J connectivity index is 0.864. The number of imide groups is 1. The van der Waals surface area contributed by atoms with Gasteiger partial charge in [0, 0.05) is 66.7 Å². The number of H-pyrrole nitrogens is 1. The third-order valence-corrected chi connectivity index (χ3v) is 11.8. The summed E-state index contributed by atoms with van der Waals surface area (Å²) in [5.74, 6) is -1.87. The van der Waals surface area contributed by atoms with Crippen LogP contribution < -0.4 is 16.0 Å². The second-order valence-electron chi connectivity index (χ2n) is 15.0. The molecule has 55 heavy (non-hydrogen) atoms. The molecule has 5 heterocycles. The van der Waals surface area contributed by atoms with Gasteiger partial charge in [0.15, 0.2) is 5.82 Å². The second kappa shape index (κ2) is 13.7. The number of hydrogen-bond acceptors (Lipinski definition) is 10. The summed E-state index contributed by atoms with van der Waals surface area (Å²) in [6, 6.07) is 18.6. The minimum Gasteiger partial charge on any atom is -0.369 e. The zero-order valence-electron chi connectivity index (χ0n) is 30.5. The molecular formula is C41H40FN9O4. The predicted molar refractivity (Wildman–Crippen MR) is 203 cm³/mol. The van der Waals surface area contributed by atoms with E-state index in [4.69, 9.17) is 10.3 Å². The van der Waals surface area contributed by atoms with Crippen molar-refractivity contribution < 1.29 is 23.3 Å². The summed E-state index contributed by atoms with van der Waals surface area (Å²) in [6.07, 6.45) is 4.66. The molecule has 280 valence electrons. The van der Waals surface area contributed by atoms with Gasteiger partial charge in [-0.25, -0.2) is 14.4 Å². The minimum atomic E-state index is -0.820. The van der Waals surface area contributed by atoms with E-state index in [0.29, 0.717) is 47.3 Å². The van der Waals surface area contributed by atoms with E-state index in [1.165, 1.54) is 18.0 Å². The standard InChI is InChI=1S/C41H40FN9O4/c1-21-15-31(32(42)19-30(21)22(2)38-48-41(37(43)53)55-49-38)36-35-29-8-7-26(18-33(29)46-39(35)45-20-44-36)50-11-13-51(14-12-50)27-16-25(17-27)23-3-5-24(6-4-23)28-9-10-34(52)47-40(28)54/h3-8,15,18-20,22,25,27-28H,9-14,16-17H2,1-2H3,(H2,43,53)(H,44,45,46)(H,47,52,54)/t22-,25?,27?,28-/m1/s1. The van der Waals surface area contributed by atoms with Gasteiger partial charge >= 0.3 is 11.8 Å². The highest BCUT2D eigenvalue weighted by Gasteiger charge is 2.36. The Bertz CT molecular complexity index is 2480. The number of piperidine rings is 1. The normalized spacial score (nSPS) is 21.1. The van der Waals surface area contributed by atoms with E-state index in [9.17, 15) is 14.4 Å². The molecule has 0 spiro atoms. The van der Waals surface area contributed by atoms with Crippen LogP contribution in [0.15, 0.2) is 65.4 Å². The molecule has 0 unspecified atom stereocenters. The molecule has 0 bridgehead atoms. The van der Waals surface area contributed by atoms with E-state index < -0.39 is 17.6 Å². The summed E-state index contributed by atoms with van der Waals surface area (Å²) in [5, 5.41) is 7.99. The summed E-state index contributed by atoms with van der Waals surface area (Å²) >= 11 is 0. The maximum absolute atomic E-state index is 16.0. The Morgan fingerprint density at radius 2 is 1.76 bits per heavy atom. The smallest absolute Gasteiger partial charge is 0.315 e. The van der Waals surface area contributed by atoms with Crippen molar-refractivity contribution >= 4 is 45.3 Å². The summed E-state index contributed by atoms with van der Waals surface area (Å²) < 4.78 is 20.9. The number of benzene rings is 3. The Morgan fingerprint density at radius 3 is 2.49 bits per heavy atom. The molecule has 2 saturated heterocycles. The quantitative estimate of drug-likeness (QED) is 0.170. The zero-order valence-corrected chi connectivity index (χ0v) is 30.5. The van der Waals surface area contributed by atoms with E-state index >= 15 is 4.39 Å². The van der Waals surface area contributed by atoms with Gasteiger partial charge in [0.1, 0.15) is 17.8 Å². The van der Waals surface area contributed by atoms with Gasteiger partial charge in [0.05, 0.1) is 17.0 Å². The van der Waals surface area contributed by atoms with E-state index in [-0.39, 0.29) is 29.4 Å². The summed E-state index contributed by atoms with van der Waals surface area (Å²) in [7, 11) is 0. The maximum atomic E-state index is 16.0. The topological polar surface area (TPSA) is 176 Å². The van der Waals surface area contributed by atoms with Crippen LogP contribution in [0.4, 0.5) is 10.1 Å². The van der Waals surface area contributed by atoms with Gasteiger partial charge in [-0.15, -0.1) is 0 Å². The molecule has 1 saturated carbocycles. The number of piperazine rings is 1. The molecule has 3 aromatic carbocycles. The molecule has 2 atom stereocenters. The molecule has 6 aromatic rings. The fourth-order valence-electron chi connectivity index (χ4n) is 8.63. The van der Waals surface area contributed by atoms with Crippen molar-refractivity contribution in [1.29, 1.82) is 0 Å². The fraction of sp³-hybridized carbons (Fsp3) is 0.341. The number of primary amides is 1. The average Bonchev–Trinajstić information content (AvgIpc) is 3.81. The Labute approximate surface area is 315 Å². The van der Waals surface area contributed by atoms with Gasteiger partial charge in [0.2, 0.25) is 11.8 Å². The van der Waals surface area contributed by atoms with Crippen LogP contribution in [0.2, 0.25) is 0 Å². The van der Waals surface area contributed by atoms with Gasteiger partial charge in [-0.3, -0.25) is 24.6 Å². The molecule has 0 radical (unpaired) electrons. The van der Waals surface area contributed by atoms with Crippen LogP contribution in [-0.4, -0.2) is 79.9 Å². The molecule has 3 aliphatic rings. The van der Waals surface area contributed by atoms with E-state index in [0.717, 1.165) is 72.1 Å². The molecular weight excluding hydrogens is 702 g/mol. The van der Waals surface area contributed by atoms with Crippen LogP contribution in [0.3, 0.4) is 0 Å². The fourth-order valence-corrected chi connectivity index (χ4v) is 8.63. The number of hydrogen-bond donors (Lipinski definition) is 3. The number of aryl methyl sites for hydroxylation is 1. The lowest BCUT2D eigenvalue weighted by molar-refractivity contribution is -0.134.